The number of morpholine rings is 1. The van der Waals surface area contributed by atoms with Crippen LogP contribution in [0.25, 0.3) is 0 Å². The first kappa shape index (κ1) is 22.8. The van der Waals surface area contributed by atoms with Crippen LogP contribution in [0.4, 0.5) is 8.78 Å². The number of hydrogen-bond donors (Lipinski definition) is 0. The van der Waals surface area contributed by atoms with E-state index >= 15 is 0 Å². The van der Waals surface area contributed by atoms with E-state index in [9.17, 15) is 18.4 Å². The van der Waals surface area contributed by atoms with Crippen LogP contribution in [-0.2, 0) is 14.3 Å². The Labute approximate surface area is 144 Å². The third-order valence-corrected chi connectivity index (χ3v) is 4.18. The van der Waals surface area contributed by atoms with Gasteiger partial charge in [-0.25, -0.2) is 0 Å². The SMILES string of the molecule is CC.CC1CCCN(C)C1=O.CCC(C)N1CCOC(F)(F)C1=O. The lowest BCUT2D eigenvalue weighted by atomic mass is 10.0. The number of halogens is 2. The van der Waals surface area contributed by atoms with Crippen LogP contribution in [-0.4, -0.2) is 60.5 Å². The summed E-state index contributed by atoms with van der Waals surface area (Å²) >= 11 is 0. The maximum atomic E-state index is 12.7. The standard InChI is InChI=1S/C8H13F2NO2.C7H13NO.C2H6/c1-3-6(2)11-4-5-13-8(9,10)7(11)12;1-6-4-3-5-8(2)7(6)9;1-2/h6H,3-5H2,1-2H3;6H,3-5H2,1-2H3;1-2H3. The fourth-order valence-electron chi connectivity index (χ4n) is 2.49. The van der Waals surface area contributed by atoms with Gasteiger partial charge >= 0.3 is 12.0 Å². The van der Waals surface area contributed by atoms with Crippen molar-refractivity contribution in [3.05, 3.63) is 0 Å². The van der Waals surface area contributed by atoms with E-state index in [0.717, 1.165) is 13.0 Å². The number of hydrogen-bond acceptors (Lipinski definition) is 3. The number of nitrogens with zero attached hydrogens (tertiary/aromatic N) is 2. The van der Waals surface area contributed by atoms with E-state index < -0.39 is 12.0 Å². The van der Waals surface area contributed by atoms with Crippen LogP contribution in [0.15, 0.2) is 0 Å². The van der Waals surface area contributed by atoms with Gasteiger partial charge in [-0.1, -0.05) is 27.7 Å². The van der Waals surface area contributed by atoms with Gasteiger partial charge in [0.1, 0.15) is 0 Å². The monoisotopic (exact) mass is 350 g/mol. The van der Waals surface area contributed by atoms with E-state index in [4.69, 9.17) is 0 Å². The zero-order valence-corrected chi connectivity index (χ0v) is 15.8. The van der Waals surface area contributed by atoms with Crippen molar-refractivity contribution >= 4 is 11.8 Å². The fourth-order valence-corrected chi connectivity index (χ4v) is 2.49. The first-order valence-corrected chi connectivity index (χ1v) is 8.78. The summed E-state index contributed by atoms with van der Waals surface area (Å²) in [6.07, 6.45) is -0.712. The minimum absolute atomic E-state index is 0.0942. The van der Waals surface area contributed by atoms with Gasteiger partial charge < -0.3 is 14.5 Å². The highest BCUT2D eigenvalue weighted by atomic mass is 19.3. The molecule has 2 atom stereocenters. The Morgan fingerprint density at radius 3 is 2.33 bits per heavy atom. The molecule has 2 unspecified atom stereocenters. The van der Waals surface area contributed by atoms with Gasteiger partial charge in [0.15, 0.2) is 0 Å². The lowest BCUT2D eigenvalue weighted by molar-refractivity contribution is -0.257. The van der Waals surface area contributed by atoms with E-state index in [-0.39, 0.29) is 25.1 Å². The highest BCUT2D eigenvalue weighted by Crippen LogP contribution is 2.24. The highest BCUT2D eigenvalue weighted by Gasteiger charge is 2.47. The second-order valence-corrected chi connectivity index (χ2v) is 5.92. The Hall–Kier alpha value is -1.24. The van der Waals surface area contributed by atoms with Gasteiger partial charge in [-0.2, -0.15) is 8.78 Å². The molecule has 2 saturated heterocycles. The molecule has 2 aliphatic heterocycles. The first-order chi connectivity index (χ1) is 11.2. The largest absolute Gasteiger partial charge is 0.436 e. The normalized spacial score (nSPS) is 24.4. The number of amides is 2. The van der Waals surface area contributed by atoms with Gasteiger partial charge in [0.2, 0.25) is 5.91 Å². The van der Waals surface area contributed by atoms with Crippen molar-refractivity contribution in [3.8, 4) is 0 Å². The minimum atomic E-state index is -3.62. The number of ether oxygens (including phenoxy) is 1. The Morgan fingerprint density at radius 1 is 1.29 bits per heavy atom. The molecule has 0 bridgehead atoms. The number of rotatable bonds is 2. The van der Waals surface area contributed by atoms with E-state index in [2.05, 4.69) is 4.74 Å². The first-order valence-electron chi connectivity index (χ1n) is 8.78. The van der Waals surface area contributed by atoms with Crippen molar-refractivity contribution in [2.24, 2.45) is 5.92 Å². The molecule has 2 amide bonds. The summed E-state index contributed by atoms with van der Waals surface area (Å²) in [6, 6.07) is -0.151. The molecule has 7 heteroatoms. The van der Waals surface area contributed by atoms with E-state index in [0.29, 0.717) is 12.3 Å². The van der Waals surface area contributed by atoms with Crippen molar-refractivity contribution in [1.82, 2.24) is 9.80 Å². The lowest BCUT2D eigenvalue weighted by Crippen LogP contribution is -2.54. The van der Waals surface area contributed by atoms with Crippen LogP contribution in [0.2, 0.25) is 0 Å². The molecular formula is C17H32F2N2O3. The molecule has 2 fully saturated rings. The molecule has 2 heterocycles. The zero-order valence-electron chi connectivity index (χ0n) is 15.8. The fraction of sp³-hybridized carbons (Fsp3) is 0.882. The number of piperidine rings is 1. The van der Waals surface area contributed by atoms with Gasteiger partial charge in [-0.3, -0.25) is 9.59 Å². The molecule has 2 rings (SSSR count). The van der Waals surface area contributed by atoms with Gasteiger partial charge in [0.05, 0.1) is 6.61 Å². The van der Waals surface area contributed by atoms with E-state index in [1.807, 2.05) is 39.6 Å². The highest BCUT2D eigenvalue weighted by molar-refractivity contribution is 5.82. The zero-order chi connectivity index (χ0) is 18.9. The molecule has 5 nitrogen and oxygen atoms in total. The molecule has 0 aromatic carbocycles. The second-order valence-electron chi connectivity index (χ2n) is 5.92. The Bertz CT molecular complexity index is 393. The molecule has 142 valence electrons. The lowest BCUT2D eigenvalue weighted by Gasteiger charge is -2.35. The molecule has 0 saturated carbocycles. The molecule has 0 aromatic heterocycles. The van der Waals surface area contributed by atoms with E-state index in [1.165, 1.54) is 11.3 Å². The Balaban J connectivity index is 0.000000420. The molecule has 0 aliphatic carbocycles. The van der Waals surface area contributed by atoms with Crippen LogP contribution in [0.5, 0.6) is 0 Å². The number of carbonyl (C=O) groups is 2. The Morgan fingerprint density at radius 2 is 1.88 bits per heavy atom. The molecule has 0 spiro atoms. The van der Waals surface area contributed by atoms with Gasteiger partial charge in [-0.15, -0.1) is 0 Å². The summed E-state index contributed by atoms with van der Waals surface area (Å²) in [5.74, 6) is -0.641. The predicted octanol–water partition coefficient (Wildman–Crippen LogP) is 3.14. The summed E-state index contributed by atoms with van der Waals surface area (Å²) < 4.78 is 29.5. The molecule has 0 N–H and O–H groups in total. The van der Waals surface area contributed by atoms with Gasteiger partial charge in [0.25, 0.3) is 0 Å². The predicted molar refractivity (Wildman–Crippen MR) is 89.7 cm³/mol. The molecule has 24 heavy (non-hydrogen) atoms. The maximum absolute atomic E-state index is 12.7. The number of carbonyl (C=O) groups excluding carboxylic acids is 2. The van der Waals surface area contributed by atoms with Crippen molar-refractivity contribution in [1.29, 1.82) is 0 Å². The van der Waals surface area contributed by atoms with Crippen LogP contribution >= 0.6 is 0 Å². The summed E-state index contributed by atoms with van der Waals surface area (Å²) in [6.45, 7) is 10.7. The molecule has 2 aliphatic rings. The van der Waals surface area contributed by atoms with Gasteiger partial charge in [0, 0.05) is 32.1 Å². The maximum Gasteiger partial charge on any atom is 0.436 e. The topological polar surface area (TPSA) is 49.9 Å². The van der Waals surface area contributed by atoms with Crippen molar-refractivity contribution < 1.29 is 23.1 Å². The Kier molecular flexibility index (Phi) is 10.0. The third kappa shape index (κ3) is 6.34. The molecular weight excluding hydrogens is 318 g/mol. The van der Waals surface area contributed by atoms with Crippen LogP contribution in [0, 0.1) is 5.92 Å². The smallest absolute Gasteiger partial charge is 0.346 e. The van der Waals surface area contributed by atoms with E-state index in [1.54, 1.807) is 6.92 Å². The average molecular weight is 350 g/mol. The quantitative estimate of drug-likeness (QED) is 0.769. The number of likely N-dealkylation sites (tertiary alicyclic amines) is 1. The third-order valence-electron chi connectivity index (χ3n) is 4.18. The summed E-state index contributed by atoms with van der Waals surface area (Å²) in [5, 5.41) is 0. The van der Waals surface area contributed by atoms with Crippen LogP contribution < -0.4 is 0 Å². The summed E-state index contributed by atoms with van der Waals surface area (Å²) in [7, 11) is 1.87. The summed E-state index contributed by atoms with van der Waals surface area (Å²) in [4.78, 5) is 25.1. The van der Waals surface area contributed by atoms with Crippen molar-refractivity contribution in [2.75, 3.05) is 26.7 Å². The van der Waals surface area contributed by atoms with Crippen molar-refractivity contribution in [3.63, 3.8) is 0 Å². The summed E-state index contributed by atoms with van der Waals surface area (Å²) in [5.41, 5.74) is 0. The molecule has 0 aromatic rings. The van der Waals surface area contributed by atoms with Gasteiger partial charge in [-0.05, 0) is 26.2 Å². The van der Waals surface area contributed by atoms with Crippen molar-refractivity contribution in [2.45, 2.75) is 66.0 Å². The average Bonchev–Trinajstić information content (AvgIpc) is 2.57. The minimum Gasteiger partial charge on any atom is -0.346 e. The van der Waals surface area contributed by atoms with Crippen LogP contribution in [0.3, 0.4) is 0 Å². The molecule has 0 radical (unpaired) electrons. The number of alkyl halides is 2. The second kappa shape index (κ2) is 10.6. The van der Waals surface area contributed by atoms with Crippen LogP contribution in [0.1, 0.15) is 53.9 Å².